The Bertz CT molecular complexity index is 221. The molecule has 0 aliphatic heterocycles. The number of aromatic nitrogens is 2. The molecule has 4 nitrogen and oxygen atoms in total. The van der Waals surface area contributed by atoms with Crippen LogP contribution in [0.3, 0.4) is 0 Å². The quantitative estimate of drug-likeness (QED) is 0.640. The molecular formula is C7H13N3O. The van der Waals surface area contributed by atoms with Crippen molar-refractivity contribution in [3.63, 3.8) is 0 Å². The Balaban J connectivity index is 2.83. The third-order valence-corrected chi connectivity index (χ3v) is 1.65. The Morgan fingerprint density at radius 1 is 1.82 bits per heavy atom. The van der Waals surface area contributed by atoms with Crippen LogP contribution < -0.4 is 5.73 Å². The van der Waals surface area contributed by atoms with Crippen molar-refractivity contribution in [2.24, 2.45) is 5.73 Å². The van der Waals surface area contributed by atoms with E-state index in [0.717, 1.165) is 12.2 Å². The zero-order valence-electron chi connectivity index (χ0n) is 6.57. The summed E-state index contributed by atoms with van der Waals surface area (Å²) in [4.78, 5) is 3.91. The van der Waals surface area contributed by atoms with Crippen LogP contribution in [-0.2, 0) is 6.54 Å². The first-order chi connectivity index (χ1) is 5.29. The van der Waals surface area contributed by atoms with Gasteiger partial charge in [-0.15, -0.1) is 0 Å². The molecule has 0 fully saturated rings. The standard InChI is InChI=1S/C7H13N3O/c1-2-10-5-9-4-6(10)7(11)3-8/h4-5,7,11H,2-3,8H2,1H3/t7-/m1/s1. The lowest BCUT2D eigenvalue weighted by atomic mass is 10.3. The van der Waals surface area contributed by atoms with Crippen LogP contribution in [0.2, 0.25) is 0 Å². The number of hydrogen-bond donors (Lipinski definition) is 2. The Labute approximate surface area is 65.7 Å². The van der Waals surface area contributed by atoms with E-state index >= 15 is 0 Å². The van der Waals surface area contributed by atoms with Crippen LogP contribution in [0.25, 0.3) is 0 Å². The second kappa shape index (κ2) is 3.50. The van der Waals surface area contributed by atoms with Gasteiger partial charge in [0.05, 0.1) is 18.2 Å². The molecule has 0 saturated carbocycles. The van der Waals surface area contributed by atoms with Crippen LogP contribution in [0.4, 0.5) is 0 Å². The van der Waals surface area contributed by atoms with Crippen LogP contribution in [-0.4, -0.2) is 21.2 Å². The van der Waals surface area contributed by atoms with Crippen molar-refractivity contribution >= 4 is 0 Å². The van der Waals surface area contributed by atoms with Crippen molar-refractivity contribution in [1.29, 1.82) is 0 Å². The van der Waals surface area contributed by atoms with Gasteiger partial charge >= 0.3 is 0 Å². The first kappa shape index (κ1) is 8.23. The minimum absolute atomic E-state index is 0.242. The van der Waals surface area contributed by atoms with Crippen LogP contribution in [0, 0.1) is 0 Å². The molecule has 62 valence electrons. The van der Waals surface area contributed by atoms with Gasteiger partial charge in [0.15, 0.2) is 0 Å². The average Bonchev–Trinajstić information content (AvgIpc) is 2.50. The number of aryl methyl sites for hydroxylation is 1. The molecular weight excluding hydrogens is 142 g/mol. The summed E-state index contributed by atoms with van der Waals surface area (Å²) in [5, 5.41) is 9.34. The molecule has 4 heteroatoms. The number of aliphatic hydroxyl groups excluding tert-OH is 1. The SMILES string of the molecule is CCn1cncc1[C@H](O)CN. The molecule has 0 aliphatic carbocycles. The summed E-state index contributed by atoms with van der Waals surface area (Å²) < 4.78 is 1.87. The van der Waals surface area contributed by atoms with E-state index in [-0.39, 0.29) is 6.54 Å². The molecule has 0 aliphatic rings. The molecule has 0 spiro atoms. The van der Waals surface area contributed by atoms with Crippen LogP contribution >= 0.6 is 0 Å². The van der Waals surface area contributed by atoms with Gasteiger partial charge < -0.3 is 15.4 Å². The monoisotopic (exact) mass is 155 g/mol. The lowest BCUT2D eigenvalue weighted by Crippen LogP contribution is -2.15. The van der Waals surface area contributed by atoms with Crippen LogP contribution in [0.1, 0.15) is 18.7 Å². The highest BCUT2D eigenvalue weighted by Crippen LogP contribution is 2.09. The molecule has 3 N–H and O–H groups in total. The van der Waals surface area contributed by atoms with E-state index in [0.29, 0.717) is 0 Å². The molecule has 1 atom stereocenters. The maximum absolute atomic E-state index is 9.34. The second-order valence-corrected chi connectivity index (χ2v) is 2.36. The number of aliphatic hydroxyl groups is 1. The van der Waals surface area contributed by atoms with E-state index < -0.39 is 6.10 Å². The van der Waals surface area contributed by atoms with E-state index in [1.165, 1.54) is 0 Å². The summed E-state index contributed by atoms with van der Waals surface area (Å²) in [5.41, 5.74) is 6.08. The number of nitrogens with zero attached hydrogens (tertiary/aromatic N) is 2. The summed E-state index contributed by atoms with van der Waals surface area (Å²) in [7, 11) is 0. The molecule has 1 rings (SSSR count). The zero-order valence-corrected chi connectivity index (χ0v) is 6.57. The predicted octanol–water partition coefficient (Wildman–Crippen LogP) is -0.105. The number of hydrogen-bond acceptors (Lipinski definition) is 3. The van der Waals surface area contributed by atoms with Gasteiger partial charge in [-0.3, -0.25) is 0 Å². The molecule has 0 bridgehead atoms. The second-order valence-electron chi connectivity index (χ2n) is 2.36. The molecule has 0 amide bonds. The largest absolute Gasteiger partial charge is 0.385 e. The molecule has 0 unspecified atom stereocenters. The summed E-state index contributed by atoms with van der Waals surface area (Å²) in [5.74, 6) is 0. The van der Waals surface area contributed by atoms with E-state index in [1.54, 1.807) is 12.5 Å². The third kappa shape index (κ3) is 1.58. The maximum atomic E-state index is 9.34. The van der Waals surface area contributed by atoms with Crippen molar-refractivity contribution in [3.05, 3.63) is 18.2 Å². The van der Waals surface area contributed by atoms with Crippen molar-refractivity contribution in [2.45, 2.75) is 19.6 Å². The number of rotatable bonds is 3. The number of nitrogens with two attached hydrogens (primary N) is 1. The highest BCUT2D eigenvalue weighted by molar-refractivity contribution is 5.02. The van der Waals surface area contributed by atoms with Crippen LogP contribution in [0.5, 0.6) is 0 Å². The highest BCUT2D eigenvalue weighted by atomic mass is 16.3. The lowest BCUT2D eigenvalue weighted by molar-refractivity contribution is 0.177. The van der Waals surface area contributed by atoms with E-state index in [9.17, 15) is 5.11 Å². The fourth-order valence-corrected chi connectivity index (χ4v) is 0.993. The normalized spacial score (nSPS) is 13.4. The summed E-state index contributed by atoms with van der Waals surface area (Å²) >= 11 is 0. The van der Waals surface area contributed by atoms with Crippen LogP contribution in [0.15, 0.2) is 12.5 Å². The van der Waals surface area contributed by atoms with Gasteiger partial charge in [-0.1, -0.05) is 0 Å². The lowest BCUT2D eigenvalue weighted by Gasteiger charge is -2.09. The van der Waals surface area contributed by atoms with Crippen molar-refractivity contribution in [3.8, 4) is 0 Å². The Kier molecular flexibility index (Phi) is 2.62. The minimum Gasteiger partial charge on any atom is -0.385 e. The van der Waals surface area contributed by atoms with E-state index in [4.69, 9.17) is 5.73 Å². The summed E-state index contributed by atoms with van der Waals surface area (Å²) in [6, 6.07) is 0. The van der Waals surface area contributed by atoms with Gasteiger partial charge in [-0.05, 0) is 6.92 Å². The Morgan fingerprint density at radius 3 is 3.09 bits per heavy atom. The molecule has 0 aromatic carbocycles. The van der Waals surface area contributed by atoms with Crippen molar-refractivity contribution in [1.82, 2.24) is 9.55 Å². The first-order valence-corrected chi connectivity index (χ1v) is 3.67. The predicted molar refractivity (Wildman–Crippen MR) is 41.9 cm³/mol. The smallest absolute Gasteiger partial charge is 0.108 e. The molecule has 1 aromatic heterocycles. The van der Waals surface area contributed by atoms with Crippen molar-refractivity contribution in [2.75, 3.05) is 6.54 Å². The summed E-state index contributed by atoms with van der Waals surface area (Å²) in [6.07, 6.45) is 2.74. The highest BCUT2D eigenvalue weighted by Gasteiger charge is 2.08. The fourth-order valence-electron chi connectivity index (χ4n) is 0.993. The first-order valence-electron chi connectivity index (χ1n) is 3.67. The summed E-state index contributed by atoms with van der Waals surface area (Å²) in [6.45, 7) is 3.05. The van der Waals surface area contributed by atoms with Gasteiger partial charge in [0.2, 0.25) is 0 Å². The van der Waals surface area contributed by atoms with Gasteiger partial charge in [0.25, 0.3) is 0 Å². The number of imidazole rings is 1. The fraction of sp³-hybridized carbons (Fsp3) is 0.571. The van der Waals surface area contributed by atoms with Gasteiger partial charge in [0.1, 0.15) is 6.10 Å². The Hall–Kier alpha value is -0.870. The van der Waals surface area contributed by atoms with Gasteiger partial charge in [-0.25, -0.2) is 4.98 Å². The third-order valence-electron chi connectivity index (χ3n) is 1.65. The molecule has 0 radical (unpaired) electrons. The molecule has 1 aromatic rings. The van der Waals surface area contributed by atoms with E-state index in [2.05, 4.69) is 4.98 Å². The maximum Gasteiger partial charge on any atom is 0.108 e. The van der Waals surface area contributed by atoms with Gasteiger partial charge in [-0.2, -0.15) is 0 Å². The van der Waals surface area contributed by atoms with Crippen molar-refractivity contribution < 1.29 is 5.11 Å². The average molecular weight is 155 g/mol. The minimum atomic E-state index is -0.586. The molecule has 11 heavy (non-hydrogen) atoms. The van der Waals surface area contributed by atoms with Gasteiger partial charge in [0, 0.05) is 13.1 Å². The molecule has 0 saturated heterocycles. The molecule has 1 heterocycles. The topological polar surface area (TPSA) is 64.1 Å². The Morgan fingerprint density at radius 2 is 2.55 bits per heavy atom. The zero-order chi connectivity index (χ0) is 8.27. The van der Waals surface area contributed by atoms with E-state index in [1.807, 2.05) is 11.5 Å².